The molecule has 0 N–H and O–H groups in total. The highest BCUT2D eigenvalue weighted by Crippen LogP contribution is 2.24. The second-order valence-electron chi connectivity index (χ2n) is 5.22. The van der Waals surface area contributed by atoms with Crippen LogP contribution in [0.1, 0.15) is 35.3 Å². The minimum atomic E-state index is 0.0888. The molecule has 0 atom stereocenters. The summed E-state index contributed by atoms with van der Waals surface area (Å²) in [6, 6.07) is 15.9. The van der Waals surface area contributed by atoms with Gasteiger partial charge in [-0.25, -0.2) is 4.99 Å². The average Bonchev–Trinajstić information content (AvgIpc) is 2.53. The first-order valence-corrected chi connectivity index (χ1v) is 7.19. The Labute approximate surface area is 124 Å². The molecule has 0 radical (unpaired) electrons. The van der Waals surface area contributed by atoms with Gasteiger partial charge in [0, 0.05) is 11.1 Å². The summed E-state index contributed by atoms with van der Waals surface area (Å²) in [7, 11) is 0. The van der Waals surface area contributed by atoms with E-state index in [-0.39, 0.29) is 5.78 Å². The minimum absolute atomic E-state index is 0.0888. The van der Waals surface area contributed by atoms with Crippen molar-refractivity contribution < 1.29 is 4.79 Å². The molecule has 3 rings (SSSR count). The predicted molar refractivity (Wildman–Crippen MR) is 86.5 cm³/mol. The molecular weight excluding hydrogens is 258 g/mol. The van der Waals surface area contributed by atoms with E-state index in [0.717, 1.165) is 34.5 Å². The average molecular weight is 275 g/mol. The Morgan fingerprint density at radius 3 is 2.29 bits per heavy atom. The first kappa shape index (κ1) is 13.5. The summed E-state index contributed by atoms with van der Waals surface area (Å²) in [5.74, 6) is 0.0888. The van der Waals surface area contributed by atoms with Crippen LogP contribution in [0, 0.1) is 0 Å². The fraction of sp³-hybridized carbons (Fsp3) is 0.158. The van der Waals surface area contributed by atoms with E-state index in [9.17, 15) is 4.79 Å². The SMILES string of the molecule is CCc1ccc(N=C2C=C(C)C(=O)c3ccccc32)cc1. The van der Waals surface area contributed by atoms with Gasteiger partial charge < -0.3 is 0 Å². The number of nitrogens with zero attached hydrogens (tertiary/aromatic N) is 1. The molecule has 2 heteroatoms. The molecule has 2 aromatic carbocycles. The summed E-state index contributed by atoms with van der Waals surface area (Å²) in [6.07, 6.45) is 2.89. The molecule has 0 aromatic heterocycles. The van der Waals surface area contributed by atoms with Crippen molar-refractivity contribution in [2.24, 2.45) is 4.99 Å². The lowest BCUT2D eigenvalue weighted by Crippen LogP contribution is -2.15. The minimum Gasteiger partial charge on any atom is -0.289 e. The number of hydrogen-bond acceptors (Lipinski definition) is 2. The Kier molecular flexibility index (Phi) is 3.53. The van der Waals surface area contributed by atoms with E-state index in [1.807, 2.05) is 49.4 Å². The lowest BCUT2D eigenvalue weighted by atomic mass is 9.90. The van der Waals surface area contributed by atoms with Crippen molar-refractivity contribution in [3.8, 4) is 0 Å². The molecular formula is C19H17NO. The molecule has 0 saturated carbocycles. The number of fused-ring (bicyclic) bond motifs is 1. The third-order valence-electron chi connectivity index (χ3n) is 3.75. The third kappa shape index (κ3) is 2.57. The molecule has 0 amide bonds. The van der Waals surface area contributed by atoms with Crippen molar-refractivity contribution in [1.82, 2.24) is 0 Å². The number of hydrogen-bond donors (Lipinski definition) is 0. The Morgan fingerprint density at radius 1 is 0.952 bits per heavy atom. The van der Waals surface area contributed by atoms with Crippen molar-refractivity contribution in [1.29, 1.82) is 0 Å². The largest absolute Gasteiger partial charge is 0.289 e. The van der Waals surface area contributed by atoms with Crippen LogP contribution in [0.15, 0.2) is 65.2 Å². The van der Waals surface area contributed by atoms with Crippen LogP contribution in [-0.2, 0) is 6.42 Å². The number of carbonyl (C=O) groups excluding carboxylic acids is 1. The topological polar surface area (TPSA) is 29.4 Å². The fourth-order valence-electron chi connectivity index (χ4n) is 2.50. The third-order valence-corrected chi connectivity index (χ3v) is 3.75. The van der Waals surface area contributed by atoms with Crippen LogP contribution in [0.5, 0.6) is 0 Å². The van der Waals surface area contributed by atoms with Gasteiger partial charge in [0.1, 0.15) is 0 Å². The van der Waals surface area contributed by atoms with Crippen molar-refractivity contribution in [3.63, 3.8) is 0 Å². The Hall–Kier alpha value is -2.48. The Morgan fingerprint density at radius 2 is 1.62 bits per heavy atom. The van der Waals surface area contributed by atoms with Crippen LogP contribution < -0.4 is 0 Å². The number of allylic oxidation sites excluding steroid dienone is 2. The van der Waals surface area contributed by atoms with Crippen LogP contribution in [0.3, 0.4) is 0 Å². The van der Waals surface area contributed by atoms with Crippen LogP contribution in [0.25, 0.3) is 0 Å². The van der Waals surface area contributed by atoms with Crippen LogP contribution in [-0.4, -0.2) is 11.5 Å². The van der Waals surface area contributed by atoms with Gasteiger partial charge in [0.15, 0.2) is 5.78 Å². The van der Waals surface area contributed by atoms with Gasteiger partial charge in [-0.15, -0.1) is 0 Å². The Balaban J connectivity index is 2.08. The molecule has 21 heavy (non-hydrogen) atoms. The summed E-state index contributed by atoms with van der Waals surface area (Å²) in [5.41, 5.74) is 5.44. The van der Waals surface area contributed by atoms with Crippen molar-refractivity contribution in [3.05, 3.63) is 76.9 Å². The normalized spacial score (nSPS) is 15.8. The standard InChI is InChI=1S/C19H17NO/c1-3-14-8-10-15(11-9-14)20-18-12-13(2)19(21)17-7-5-4-6-16(17)18/h4-12H,3H2,1-2H3. The molecule has 1 aliphatic carbocycles. The highest BCUT2D eigenvalue weighted by molar-refractivity contribution is 6.26. The number of aryl methyl sites for hydroxylation is 1. The van der Waals surface area contributed by atoms with Crippen LogP contribution in [0.2, 0.25) is 0 Å². The quantitative estimate of drug-likeness (QED) is 0.792. The summed E-state index contributed by atoms with van der Waals surface area (Å²) >= 11 is 0. The van der Waals surface area contributed by atoms with Gasteiger partial charge >= 0.3 is 0 Å². The number of rotatable bonds is 2. The Bertz CT molecular complexity index is 751. The van der Waals surface area contributed by atoms with E-state index in [0.29, 0.717) is 0 Å². The van der Waals surface area contributed by atoms with Gasteiger partial charge in [-0.05, 0) is 42.7 Å². The number of Topliss-reactive ketones (excluding diaryl/α,β-unsaturated/α-hetero) is 1. The maximum absolute atomic E-state index is 12.2. The molecule has 0 heterocycles. The van der Waals surface area contributed by atoms with E-state index in [2.05, 4.69) is 19.1 Å². The molecule has 0 spiro atoms. The molecule has 0 aliphatic heterocycles. The molecule has 2 nitrogen and oxygen atoms in total. The fourth-order valence-corrected chi connectivity index (χ4v) is 2.50. The van der Waals surface area contributed by atoms with E-state index in [4.69, 9.17) is 4.99 Å². The smallest absolute Gasteiger partial charge is 0.189 e. The highest BCUT2D eigenvalue weighted by atomic mass is 16.1. The highest BCUT2D eigenvalue weighted by Gasteiger charge is 2.20. The van der Waals surface area contributed by atoms with Gasteiger partial charge in [-0.1, -0.05) is 43.3 Å². The van der Waals surface area contributed by atoms with Crippen molar-refractivity contribution in [2.75, 3.05) is 0 Å². The van der Waals surface area contributed by atoms with Gasteiger partial charge in [0.25, 0.3) is 0 Å². The molecule has 0 saturated heterocycles. The first-order valence-electron chi connectivity index (χ1n) is 7.19. The maximum atomic E-state index is 12.2. The molecule has 104 valence electrons. The second-order valence-corrected chi connectivity index (χ2v) is 5.22. The molecule has 1 aliphatic rings. The van der Waals surface area contributed by atoms with Gasteiger partial charge in [-0.2, -0.15) is 0 Å². The molecule has 0 fully saturated rings. The summed E-state index contributed by atoms with van der Waals surface area (Å²) in [4.78, 5) is 16.9. The maximum Gasteiger partial charge on any atom is 0.189 e. The lowest BCUT2D eigenvalue weighted by Gasteiger charge is -2.15. The first-order chi connectivity index (χ1) is 10.2. The van der Waals surface area contributed by atoms with E-state index < -0.39 is 0 Å². The van der Waals surface area contributed by atoms with E-state index in [1.54, 1.807) is 0 Å². The predicted octanol–water partition coefficient (Wildman–Crippen LogP) is 4.51. The summed E-state index contributed by atoms with van der Waals surface area (Å²) in [5, 5.41) is 0. The number of aliphatic imine (C=N–C) groups is 1. The number of ketones is 1. The van der Waals surface area contributed by atoms with Gasteiger partial charge in [0.05, 0.1) is 11.4 Å². The zero-order chi connectivity index (χ0) is 14.8. The zero-order valence-electron chi connectivity index (χ0n) is 12.3. The monoisotopic (exact) mass is 275 g/mol. The van der Waals surface area contributed by atoms with E-state index in [1.165, 1.54) is 5.56 Å². The zero-order valence-corrected chi connectivity index (χ0v) is 12.3. The van der Waals surface area contributed by atoms with E-state index >= 15 is 0 Å². The van der Waals surface area contributed by atoms with Gasteiger partial charge in [0.2, 0.25) is 0 Å². The van der Waals surface area contributed by atoms with Crippen molar-refractivity contribution >= 4 is 17.2 Å². The lowest BCUT2D eigenvalue weighted by molar-refractivity contribution is 0.103. The summed E-state index contributed by atoms with van der Waals surface area (Å²) < 4.78 is 0. The molecule has 2 aromatic rings. The number of benzene rings is 2. The molecule has 0 unspecified atom stereocenters. The molecule has 0 bridgehead atoms. The van der Waals surface area contributed by atoms with Crippen LogP contribution in [0.4, 0.5) is 5.69 Å². The number of carbonyl (C=O) groups is 1. The van der Waals surface area contributed by atoms with Crippen molar-refractivity contribution in [2.45, 2.75) is 20.3 Å². The second kappa shape index (κ2) is 5.49. The van der Waals surface area contributed by atoms with Crippen LogP contribution >= 0.6 is 0 Å². The van der Waals surface area contributed by atoms with Gasteiger partial charge in [-0.3, -0.25) is 4.79 Å². The summed E-state index contributed by atoms with van der Waals surface area (Å²) in [6.45, 7) is 3.98.